The van der Waals surface area contributed by atoms with Crippen LogP contribution in [0, 0.1) is 0 Å². The van der Waals surface area contributed by atoms with Gasteiger partial charge in [0.15, 0.2) is 0 Å². The van der Waals surface area contributed by atoms with Crippen LogP contribution in [0.15, 0.2) is 0 Å². The molecule has 0 saturated heterocycles. The van der Waals surface area contributed by atoms with E-state index < -0.39 is 5.97 Å². The van der Waals surface area contributed by atoms with Crippen molar-refractivity contribution in [2.24, 2.45) is 0 Å². The monoisotopic (exact) mass is 331 g/mol. The Morgan fingerprint density at radius 1 is 0.789 bits per heavy atom. The zero-order valence-electron chi connectivity index (χ0n) is 12.0. The van der Waals surface area contributed by atoms with Gasteiger partial charge in [0.1, 0.15) is 0 Å². The molecule has 0 unspecified atom stereocenters. The van der Waals surface area contributed by atoms with Gasteiger partial charge in [-0.05, 0) is 12.8 Å². The fourth-order valence-corrected chi connectivity index (χ4v) is 1.93. The largest absolute Gasteiger partial charge is 3.00 e. The van der Waals surface area contributed by atoms with Crippen LogP contribution in [-0.2, 0) is 22.2 Å². The zero-order chi connectivity index (χ0) is 12.1. The van der Waals surface area contributed by atoms with E-state index >= 15 is 0 Å². The van der Waals surface area contributed by atoms with Gasteiger partial charge < -0.3 is 27.8 Å². The number of rotatable bonds is 12. The first-order valence-corrected chi connectivity index (χ1v) is 6.97. The first-order chi connectivity index (χ1) is 7.77. The fraction of sp³-hybridized carbons (Fsp3) is 0.929. The third-order valence-electron chi connectivity index (χ3n) is 2.98. The number of carboxylic acids is 1. The van der Waals surface area contributed by atoms with Crippen molar-refractivity contribution < 1.29 is 45.1 Å². The van der Waals surface area contributed by atoms with Crippen LogP contribution >= 0.6 is 0 Å². The van der Waals surface area contributed by atoms with E-state index in [1.165, 1.54) is 57.8 Å². The van der Waals surface area contributed by atoms with Gasteiger partial charge in [0, 0.05) is 5.97 Å². The van der Waals surface area contributed by atoms with Gasteiger partial charge in [0.05, 0.1) is 0 Å². The summed E-state index contributed by atoms with van der Waals surface area (Å²) < 4.78 is 0. The zero-order valence-corrected chi connectivity index (χ0v) is 14.1. The fourth-order valence-electron chi connectivity index (χ4n) is 1.93. The normalized spacial score (nSPS) is 8.89. The van der Waals surface area contributed by atoms with Crippen molar-refractivity contribution in [2.75, 3.05) is 0 Å². The van der Waals surface area contributed by atoms with Gasteiger partial charge in [-0.3, -0.25) is 0 Å². The number of carbonyl (C=O) groups excluding carboxylic acids is 1. The molecule has 0 aromatic heterocycles. The maximum absolute atomic E-state index is 10.1. The van der Waals surface area contributed by atoms with Crippen molar-refractivity contribution in [3.63, 3.8) is 0 Å². The summed E-state index contributed by atoms with van der Waals surface area (Å²) in [5, 5.41) is 10.1. The van der Waals surface area contributed by atoms with Crippen molar-refractivity contribution in [2.45, 2.75) is 84.0 Å². The number of unbranched alkanes of at least 4 members (excludes halogenated alkanes) is 10. The van der Waals surface area contributed by atoms with Crippen molar-refractivity contribution >= 4 is 5.97 Å². The molecule has 0 saturated carbocycles. The Hall–Kier alpha value is 0.252. The molecule has 0 aromatic rings. The summed E-state index contributed by atoms with van der Waals surface area (Å²) in [4.78, 5) is 10.1. The molecule has 0 fully saturated rings. The minimum absolute atomic E-state index is 0. The van der Waals surface area contributed by atoms with Crippen LogP contribution in [0.4, 0.5) is 0 Å². The minimum Gasteiger partial charge on any atom is -1.00 e. The van der Waals surface area contributed by atoms with Crippen molar-refractivity contribution in [1.82, 2.24) is 0 Å². The Morgan fingerprint density at radius 2 is 1.11 bits per heavy atom. The average Bonchev–Trinajstić information content (AvgIpc) is 2.25. The third-order valence-corrected chi connectivity index (χ3v) is 2.98. The van der Waals surface area contributed by atoms with Crippen molar-refractivity contribution in [3.05, 3.63) is 0 Å². The van der Waals surface area contributed by atoms with E-state index in [1.807, 2.05) is 0 Å². The van der Waals surface area contributed by atoms with E-state index in [1.54, 1.807) is 0 Å². The van der Waals surface area contributed by atoms with Crippen LogP contribution in [0.1, 0.15) is 84.0 Å². The molecular formula is C14H28ClCrO3. The van der Waals surface area contributed by atoms with E-state index in [-0.39, 0.29) is 41.7 Å². The van der Waals surface area contributed by atoms with Crippen molar-refractivity contribution in [1.29, 1.82) is 0 Å². The molecule has 0 aromatic carbocycles. The number of halogens is 1. The maximum atomic E-state index is 10.1. The van der Waals surface area contributed by atoms with Gasteiger partial charge in [-0.15, -0.1) is 0 Å². The summed E-state index contributed by atoms with van der Waals surface area (Å²) in [6.45, 7) is 2.24. The number of hydrogen-bond acceptors (Lipinski definition) is 3. The molecule has 5 heteroatoms. The van der Waals surface area contributed by atoms with Gasteiger partial charge >= 0.3 is 17.4 Å². The Balaban J connectivity index is -0.000000375. The summed E-state index contributed by atoms with van der Waals surface area (Å²) in [6, 6.07) is 0. The summed E-state index contributed by atoms with van der Waals surface area (Å²) in [7, 11) is 0. The average molecular weight is 332 g/mol. The van der Waals surface area contributed by atoms with Crippen LogP contribution < -0.4 is 17.5 Å². The predicted molar refractivity (Wildman–Crippen MR) is 68.0 cm³/mol. The van der Waals surface area contributed by atoms with Gasteiger partial charge in [-0.1, -0.05) is 71.1 Å². The van der Waals surface area contributed by atoms with Gasteiger partial charge in [-0.2, -0.15) is 0 Å². The summed E-state index contributed by atoms with van der Waals surface area (Å²) in [5.41, 5.74) is 0. The molecule has 0 heterocycles. The smallest absolute Gasteiger partial charge is 1.00 e. The summed E-state index contributed by atoms with van der Waals surface area (Å²) in [6.07, 6.45) is 14.0. The molecule has 0 spiro atoms. The minimum atomic E-state index is -0.907. The number of carboxylic acid groups (broad SMARTS) is 1. The molecule has 0 bridgehead atoms. The van der Waals surface area contributed by atoms with E-state index in [4.69, 9.17) is 0 Å². The molecule has 19 heavy (non-hydrogen) atoms. The van der Waals surface area contributed by atoms with E-state index in [2.05, 4.69) is 6.92 Å². The quantitative estimate of drug-likeness (QED) is 0.482. The van der Waals surface area contributed by atoms with Gasteiger partial charge in [0.2, 0.25) is 0 Å². The standard InChI is InChI=1S/C14H28O2.ClH.Cr.H2O/c1-2-3-4-5-6-7-8-9-10-11-12-13-14(15)16;;;/h2-13H2,1H3,(H,15,16);1H;;1H2/q;;+3;/p-3. The molecule has 1 radical (unpaired) electrons. The Bertz CT molecular complexity index is 169. The number of carbonyl (C=O) groups is 1. The molecular weight excluding hydrogens is 304 g/mol. The predicted octanol–water partition coefficient (Wildman–Crippen LogP) is 0.262. The van der Waals surface area contributed by atoms with E-state index in [0.717, 1.165) is 12.8 Å². The first-order valence-electron chi connectivity index (χ1n) is 6.97. The molecule has 1 N–H and O–H groups in total. The van der Waals surface area contributed by atoms with E-state index in [0.29, 0.717) is 0 Å². The SMILES string of the molecule is CCCCCCCCCCCCCC(=O)[O-].[Cl-].[Cr+3].[OH-]. The number of hydrogen-bond donors (Lipinski definition) is 0. The Morgan fingerprint density at radius 3 is 1.42 bits per heavy atom. The maximum Gasteiger partial charge on any atom is 3.00 e. The van der Waals surface area contributed by atoms with Crippen LogP contribution in [0.3, 0.4) is 0 Å². The second-order valence-corrected chi connectivity index (χ2v) is 4.66. The Kier molecular flexibility index (Phi) is 33.9. The summed E-state index contributed by atoms with van der Waals surface area (Å²) >= 11 is 0. The van der Waals surface area contributed by atoms with Crippen LogP contribution in [-0.4, -0.2) is 11.4 Å². The van der Waals surface area contributed by atoms with Gasteiger partial charge in [0.25, 0.3) is 0 Å². The van der Waals surface area contributed by atoms with Crippen LogP contribution in [0.2, 0.25) is 0 Å². The first kappa shape index (κ1) is 27.6. The van der Waals surface area contributed by atoms with Crippen LogP contribution in [0.5, 0.6) is 0 Å². The second-order valence-electron chi connectivity index (χ2n) is 4.66. The topological polar surface area (TPSA) is 70.1 Å². The molecule has 115 valence electrons. The second kappa shape index (κ2) is 23.4. The molecule has 0 aliphatic carbocycles. The van der Waals surface area contributed by atoms with Crippen LogP contribution in [0.25, 0.3) is 0 Å². The third kappa shape index (κ3) is 27.5. The Labute approximate surface area is 135 Å². The molecule has 0 amide bonds. The van der Waals surface area contributed by atoms with Crippen molar-refractivity contribution in [3.8, 4) is 0 Å². The molecule has 0 aliphatic heterocycles. The number of aliphatic carboxylic acids is 1. The molecule has 0 rings (SSSR count). The molecule has 0 atom stereocenters. The van der Waals surface area contributed by atoms with Gasteiger partial charge in [-0.25, -0.2) is 0 Å². The molecule has 0 aliphatic rings. The molecule has 3 nitrogen and oxygen atoms in total. The summed E-state index contributed by atoms with van der Waals surface area (Å²) in [5.74, 6) is -0.907. The van der Waals surface area contributed by atoms with E-state index in [9.17, 15) is 9.90 Å².